The van der Waals surface area contributed by atoms with E-state index < -0.39 is 0 Å². The van der Waals surface area contributed by atoms with Crippen molar-refractivity contribution in [3.63, 3.8) is 0 Å². The molecule has 3 heteroatoms. The van der Waals surface area contributed by atoms with Gasteiger partial charge in [-0.3, -0.25) is 4.79 Å². The summed E-state index contributed by atoms with van der Waals surface area (Å²) in [6.45, 7) is 2.18. The predicted molar refractivity (Wildman–Crippen MR) is 62.8 cm³/mol. The molecule has 0 radical (unpaired) electrons. The lowest BCUT2D eigenvalue weighted by atomic mass is 10.2. The number of allylic oxidation sites excluding steroid dienone is 2. The molecule has 0 fully saturated rings. The molecule has 1 aromatic rings. The molecule has 1 atom stereocenters. The molecule has 2 rings (SSSR count). The summed E-state index contributed by atoms with van der Waals surface area (Å²) in [6, 6.07) is 4.57. The number of thiophene rings is 1. The van der Waals surface area contributed by atoms with Crippen LogP contribution in [0.4, 0.5) is 0 Å². The summed E-state index contributed by atoms with van der Waals surface area (Å²) >= 11 is 1.77. The van der Waals surface area contributed by atoms with Crippen LogP contribution in [-0.4, -0.2) is 17.7 Å². The van der Waals surface area contributed by atoms with Crippen molar-refractivity contribution in [1.82, 2.24) is 4.90 Å². The number of carbonyl (C=O) groups excluding carboxylic acids is 1. The summed E-state index contributed by atoms with van der Waals surface area (Å²) in [4.78, 5) is 14.7. The minimum Gasteiger partial charge on any atom is -0.370 e. The molecule has 1 aliphatic carbocycles. The van der Waals surface area contributed by atoms with Crippen LogP contribution >= 0.6 is 11.3 Å². The molecule has 0 bridgehead atoms. The molecular formula is C12H15NOS. The van der Waals surface area contributed by atoms with Crippen molar-refractivity contribution < 1.29 is 4.79 Å². The standard InChI is InChI=1S/C12H15NOS/c1-9(12-4-3-7-15-12)13(2)10-5-6-11(14)8-10/h3-4,7-9H,5-6H2,1-2H3. The van der Waals surface area contributed by atoms with Crippen LogP contribution < -0.4 is 0 Å². The van der Waals surface area contributed by atoms with E-state index in [1.807, 2.05) is 0 Å². The molecule has 0 aromatic carbocycles. The zero-order valence-electron chi connectivity index (χ0n) is 9.06. The van der Waals surface area contributed by atoms with E-state index in [0.29, 0.717) is 12.5 Å². The third-order valence-corrected chi connectivity index (χ3v) is 3.99. The Hall–Kier alpha value is -1.09. The van der Waals surface area contributed by atoms with Gasteiger partial charge in [-0.15, -0.1) is 11.3 Å². The van der Waals surface area contributed by atoms with Crippen molar-refractivity contribution in [1.29, 1.82) is 0 Å². The summed E-state index contributed by atoms with van der Waals surface area (Å²) in [5.74, 6) is 0.259. The van der Waals surface area contributed by atoms with Gasteiger partial charge in [0, 0.05) is 30.1 Å². The third kappa shape index (κ3) is 2.12. The van der Waals surface area contributed by atoms with Crippen LogP contribution in [0.5, 0.6) is 0 Å². The van der Waals surface area contributed by atoms with Crippen LogP contribution in [0.3, 0.4) is 0 Å². The average molecular weight is 221 g/mol. The van der Waals surface area contributed by atoms with E-state index in [2.05, 4.69) is 36.4 Å². The average Bonchev–Trinajstić information content (AvgIpc) is 2.85. The smallest absolute Gasteiger partial charge is 0.157 e. The first-order chi connectivity index (χ1) is 7.18. The molecule has 0 N–H and O–H groups in total. The van der Waals surface area contributed by atoms with E-state index in [1.165, 1.54) is 10.6 Å². The first kappa shape index (κ1) is 10.4. The molecule has 0 spiro atoms. The molecule has 1 aliphatic rings. The molecule has 0 saturated heterocycles. The Labute approximate surface area is 94.2 Å². The number of hydrogen-bond acceptors (Lipinski definition) is 3. The zero-order valence-corrected chi connectivity index (χ0v) is 9.88. The van der Waals surface area contributed by atoms with Gasteiger partial charge in [0.05, 0.1) is 6.04 Å². The largest absolute Gasteiger partial charge is 0.370 e. The van der Waals surface area contributed by atoms with Gasteiger partial charge in [-0.05, 0) is 24.8 Å². The van der Waals surface area contributed by atoms with Crippen LogP contribution in [0.15, 0.2) is 29.3 Å². The lowest BCUT2D eigenvalue weighted by molar-refractivity contribution is -0.114. The van der Waals surface area contributed by atoms with Gasteiger partial charge in [0.15, 0.2) is 5.78 Å². The summed E-state index contributed by atoms with van der Waals surface area (Å²) in [5, 5.41) is 2.09. The second-order valence-electron chi connectivity index (χ2n) is 3.90. The lowest BCUT2D eigenvalue weighted by Gasteiger charge is -2.27. The number of rotatable bonds is 3. The van der Waals surface area contributed by atoms with Gasteiger partial charge in [0.2, 0.25) is 0 Å². The van der Waals surface area contributed by atoms with Crippen LogP contribution in [0.25, 0.3) is 0 Å². The van der Waals surface area contributed by atoms with Crippen LogP contribution in [-0.2, 0) is 4.79 Å². The fourth-order valence-corrected chi connectivity index (χ4v) is 2.65. The topological polar surface area (TPSA) is 20.3 Å². The monoisotopic (exact) mass is 221 g/mol. The maximum Gasteiger partial charge on any atom is 0.157 e. The Balaban J connectivity index is 2.11. The molecule has 80 valence electrons. The minimum absolute atomic E-state index is 0.259. The van der Waals surface area contributed by atoms with E-state index in [9.17, 15) is 4.79 Å². The van der Waals surface area contributed by atoms with Crippen molar-refractivity contribution >= 4 is 17.1 Å². The highest BCUT2D eigenvalue weighted by molar-refractivity contribution is 7.10. The highest BCUT2D eigenvalue weighted by atomic mass is 32.1. The Morgan fingerprint density at radius 3 is 2.80 bits per heavy atom. The molecular weight excluding hydrogens is 206 g/mol. The van der Waals surface area contributed by atoms with E-state index >= 15 is 0 Å². The summed E-state index contributed by atoms with van der Waals surface area (Å²) < 4.78 is 0. The zero-order chi connectivity index (χ0) is 10.8. The Bertz CT molecular complexity index is 380. The Morgan fingerprint density at radius 1 is 1.47 bits per heavy atom. The third-order valence-electron chi connectivity index (χ3n) is 2.94. The molecule has 1 heterocycles. The molecule has 1 unspecified atom stereocenters. The predicted octanol–water partition coefficient (Wildman–Crippen LogP) is 2.99. The highest BCUT2D eigenvalue weighted by Gasteiger charge is 2.20. The minimum atomic E-state index is 0.259. The van der Waals surface area contributed by atoms with Crippen molar-refractivity contribution in [2.45, 2.75) is 25.8 Å². The fraction of sp³-hybridized carbons (Fsp3) is 0.417. The van der Waals surface area contributed by atoms with Gasteiger partial charge in [0.25, 0.3) is 0 Å². The number of carbonyl (C=O) groups is 1. The van der Waals surface area contributed by atoms with Crippen LogP contribution in [0, 0.1) is 0 Å². The normalized spacial score (nSPS) is 17.7. The Morgan fingerprint density at radius 2 is 2.27 bits per heavy atom. The van der Waals surface area contributed by atoms with Gasteiger partial charge >= 0.3 is 0 Å². The van der Waals surface area contributed by atoms with Crippen molar-refractivity contribution in [3.05, 3.63) is 34.2 Å². The van der Waals surface area contributed by atoms with Crippen LogP contribution in [0.2, 0.25) is 0 Å². The quantitative estimate of drug-likeness (QED) is 0.782. The molecule has 1 aromatic heterocycles. The molecule has 15 heavy (non-hydrogen) atoms. The molecule has 2 nitrogen and oxygen atoms in total. The van der Waals surface area contributed by atoms with Gasteiger partial charge in [-0.2, -0.15) is 0 Å². The van der Waals surface area contributed by atoms with Gasteiger partial charge in [-0.1, -0.05) is 6.07 Å². The number of nitrogens with zero attached hydrogens (tertiary/aromatic N) is 1. The highest BCUT2D eigenvalue weighted by Crippen LogP contribution is 2.29. The maximum absolute atomic E-state index is 11.2. The van der Waals surface area contributed by atoms with Gasteiger partial charge in [0.1, 0.15) is 0 Å². The summed E-state index contributed by atoms with van der Waals surface area (Å²) in [6.07, 6.45) is 3.35. The Kier molecular flexibility index (Phi) is 2.91. The summed E-state index contributed by atoms with van der Waals surface area (Å²) in [5.41, 5.74) is 1.17. The number of hydrogen-bond donors (Lipinski definition) is 0. The van der Waals surface area contributed by atoms with Gasteiger partial charge in [-0.25, -0.2) is 0 Å². The molecule has 0 aliphatic heterocycles. The first-order valence-corrected chi connectivity index (χ1v) is 6.06. The number of ketones is 1. The lowest BCUT2D eigenvalue weighted by Crippen LogP contribution is -2.20. The molecule has 0 saturated carbocycles. The van der Waals surface area contributed by atoms with E-state index in [0.717, 1.165) is 6.42 Å². The van der Waals surface area contributed by atoms with E-state index in [1.54, 1.807) is 17.4 Å². The van der Waals surface area contributed by atoms with Crippen LogP contribution in [0.1, 0.15) is 30.7 Å². The van der Waals surface area contributed by atoms with E-state index in [-0.39, 0.29) is 5.78 Å². The SMILES string of the molecule is CC(c1cccs1)N(C)C1=CC(=O)CC1. The first-order valence-electron chi connectivity index (χ1n) is 5.18. The summed E-state index contributed by atoms with van der Waals surface area (Å²) in [7, 11) is 2.06. The molecule has 0 amide bonds. The second-order valence-corrected chi connectivity index (χ2v) is 4.88. The van der Waals surface area contributed by atoms with E-state index in [4.69, 9.17) is 0 Å². The van der Waals surface area contributed by atoms with Crippen molar-refractivity contribution in [2.75, 3.05) is 7.05 Å². The second kappa shape index (κ2) is 4.19. The maximum atomic E-state index is 11.2. The van der Waals surface area contributed by atoms with Gasteiger partial charge < -0.3 is 4.90 Å². The van der Waals surface area contributed by atoms with Crippen molar-refractivity contribution in [2.24, 2.45) is 0 Å². The fourth-order valence-electron chi connectivity index (χ4n) is 1.83. The van der Waals surface area contributed by atoms with Crippen molar-refractivity contribution in [3.8, 4) is 0 Å².